The third-order valence-corrected chi connectivity index (χ3v) is 2.11. The molecule has 0 aromatic heterocycles. The Morgan fingerprint density at radius 3 is 2.40 bits per heavy atom. The normalized spacial score (nSPS) is 12.5. The Labute approximate surface area is 89.9 Å². The first-order chi connectivity index (χ1) is 7.13. The molecule has 0 bridgehead atoms. The summed E-state index contributed by atoms with van der Waals surface area (Å²) in [6.07, 6.45) is -0.422. The molecule has 0 heterocycles. The number of benzene rings is 1. The maximum absolute atomic E-state index is 9.32. The van der Waals surface area contributed by atoms with E-state index in [9.17, 15) is 5.11 Å². The van der Waals surface area contributed by atoms with E-state index in [-0.39, 0.29) is 6.61 Å². The van der Waals surface area contributed by atoms with Gasteiger partial charge in [-0.15, -0.1) is 0 Å². The highest BCUT2D eigenvalue weighted by Gasteiger charge is 2.08. The topological polar surface area (TPSA) is 69.7 Å². The molecule has 1 unspecified atom stereocenters. The van der Waals surface area contributed by atoms with Crippen LogP contribution in [-0.2, 0) is 0 Å². The van der Waals surface area contributed by atoms with Gasteiger partial charge in [-0.3, -0.25) is 0 Å². The Morgan fingerprint density at radius 2 is 1.93 bits per heavy atom. The molecule has 0 saturated heterocycles. The maximum Gasteiger partial charge on any atom is 0.0687 e. The van der Waals surface area contributed by atoms with E-state index in [2.05, 4.69) is 0 Å². The summed E-state index contributed by atoms with van der Waals surface area (Å²) >= 11 is 0. The summed E-state index contributed by atoms with van der Waals surface area (Å²) in [6.45, 7) is 2.80. The summed E-state index contributed by atoms with van der Waals surface area (Å²) in [5.74, 6) is 0. The summed E-state index contributed by atoms with van der Waals surface area (Å²) in [6, 6.07) is 7.38. The van der Waals surface area contributed by atoms with E-state index in [0.717, 1.165) is 5.69 Å². The molecular formula is C11H18N2O2. The van der Waals surface area contributed by atoms with E-state index in [4.69, 9.17) is 10.8 Å². The van der Waals surface area contributed by atoms with E-state index in [1.807, 2.05) is 29.2 Å². The number of aliphatic hydroxyl groups excluding tert-OH is 2. The molecule has 0 aliphatic rings. The summed E-state index contributed by atoms with van der Waals surface area (Å²) in [5, 5.41) is 18.2. The zero-order chi connectivity index (χ0) is 11.3. The number of hydrogen-bond acceptors (Lipinski definition) is 4. The first-order valence-electron chi connectivity index (χ1n) is 5.03. The van der Waals surface area contributed by atoms with Crippen LogP contribution in [0.5, 0.6) is 0 Å². The lowest BCUT2D eigenvalue weighted by molar-refractivity contribution is 0.197. The SMILES string of the molecule is CC(O)CN(CCO)c1ccc(N)cc1. The van der Waals surface area contributed by atoms with Crippen molar-refractivity contribution in [2.45, 2.75) is 13.0 Å². The third kappa shape index (κ3) is 3.77. The summed E-state index contributed by atoms with van der Waals surface area (Å²) in [4.78, 5) is 1.92. The Balaban J connectivity index is 2.74. The Morgan fingerprint density at radius 1 is 1.33 bits per heavy atom. The minimum Gasteiger partial charge on any atom is -0.399 e. The highest BCUT2D eigenvalue weighted by Crippen LogP contribution is 2.16. The van der Waals surface area contributed by atoms with Crippen LogP contribution in [0.15, 0.2) is 24.3 Å². The predicted molar refractivity (Wildman–Crippen MR) is 61.8 cm³/mol. The van der Waals surface area contributed by atoms with Crippen LogP contribution in [0, 0.1) is 0 Å². The first-order valence-corrected chi connectivity index (χ1v) is 5.03. The molecule has 0 spiro atoms. The minimum atomic E-state index is -0.422. The van der Waals surface area contributed by atoms with E-state index in [1.165, 1.54) is 0 Å². The molecule has 15 heavy (non-hydrogen) atoms. The van der Waals surface area contributed by atoms with E-state index in [0.29, 0.717) is 18.8 Å². The number of hydrogen-bond donors (Lipinski definition) is 3. The first kappa shape index (κ1) is 11.8. The van der Waals surface area contributed by atoms with Crippen LogP contribution >= 0.6 is 0 Å². The zero-order valence-electron chi connectivity index (χ0n) is 8.93. The number of aliphatic hydroxyl groups is 2. The van der Waals surface area contributed by atoms with Gasteiger partial charge in [0.05, 0.1) is 12.7 Å². The van der Waals surface area contributed by atoms with Crippen molar-refractivity contribution < 1.29 is 10.2 Å². The fourth-order valence-electron chi connectivity index (χ4n) is 1.45. The molecule has 1 atom stereocenters. The Kier molecular flexibility index (Phi) is 4.39. The average Bonchev–Trinajstić information content (AvgIpc) is 2.17. The number of anilines is 2. The van der Waals surface area contributed by atoms with Crippen LogP contribution < -0.4 is 10.6 Å². The van der Waals surface area contributed by atoms with Crippen LogP contribution in [0.3, 0.4) is 0 Å². The van der Waals surface area contributed by atoms with Crippen molar-refractivity contribution >= 4 is 11.4 Å². The van der Waals surface area contributed by atoms with Gasteiger partial charge in [-0.05, 0) is 31.2 Å². The summed E-state index contributed by atoms with van der Waals surface area (Å²) < 4.78 is 0. The average molecular weight is 210 g/mol. The highest BCUT2D eigenvalue weighted by molar-refractivity contribution is 5.53. The van der Waals surface area contributed by atoms with Gasteiger partial charge in [0.15, 0.2) is 0 Å². The second kappa shape index (κ2) is 5.58. The molecule has 0 fully saturated rings. The van der Waals surface area contributed by atoms with Crippen molar-refractivity contribution in [1.82, 2.24) is 0 Å². The van der Waals surface area contributed by atoms with Gasteiger partial charge >= 0.3 is 0 Å². The summed E-state index contributed by atoms with van der Waals surface area (Å²) in [5.41, 5.74) is 7.25. The molecule has 0 aliphatic heterocycles. The van der Waals surface area contributed by atoms with Gasteiger partial charge in [-0.2, -0.15) is 0 Å². The highest BCUT2D eigenvalue weighted by atomic mass is 16.3. The minimum absolute atomic E-state index is 0.0666. The summed E-state index contributed by atoms with van der Waals surface area (Å²) in [7, 11) is 0. The monoisotopic (exact) mass is 210 g/mol. The molecular weight excluding hydrogens is 192 g/mol. The van der Waals surface area contributed by atoms with Crippen molar-refractivity contribution in [3.63, 3.8) is 0 Å². The van der Waals surface area contributed by atoms with Crippen molar-refractivity contribution in [3.05, 3.63) is 24.3 Å². The second-order valence-corrected chi connectivity index (χ2v) is 3.61. The van der Waals surface area contributed by atoms with Gasteiger partial charge in [-0.1, -0.05) is 0 Å². The molecule has 1 aromatic rings. The zero-order valence-corrected chi connectivity index (χ0v) is 8.93. The van der Waals surface area contributed by atoms with Gasteiger partial charge < -0.3 is 20.8 Å². The van der Waals surface area contributed by atoms with Crippen LogP contribution in [0.25, 0.3) is 0 Å². The number of nitrogens with two attached hydrogens (primary N) is 1. The van der Waals surface area contributed by atoms with Gasteiger partial charge in [0.1, 0.15) is 0 Å². The van der Waals surface area contributed by atoms with E-state index < -0.39 is 6.10 Å². The number of nitrogen functional groups attached to an aromatic ring is 1. The van der Waals surface area contributed by atoms with Gasteiger partial charge in [0, 0.05) is 24.5 Å². The number of nitrogens with zero attached hydrogens (tertiary/aromatic N) is 1. The predicted octanol–water partition coefficient (Wildman–Crippen LogP) is 0.448. The van der Waals surface area contributed by atoms with Crippen molar-refractivity contribution in [1.29, 1.82) is 0 Å². The molecule has 0 amide bonds. The lowest BCUT2D eigenvalue weighted by Gasteiger charge is -2.25. The lowest BCUT2D eigenvalue weighted by atomic mass is 10.2. The molecule has 0 radical (unpaired) electrons. The maximum atomic E-state index is 9.32. The van der Waals surface area contributed by atoms with Crippen LogP contribution in [0.4, 0.5) is 11.4 Å². The van der Waals surface area contributed by atoms with Crippen molar-refractivity contribution in [3.8, 4) is 0 Å². The van der Waals surface area contributed by atoms with E-state index >= 15 is 0 Å². The fourth-order valence-corrected chi connectivity index (χ4v) is 1.45. The molecule has 0 aliphatic carbocycles. The van der Waals surface area contributed by atoms with Gasteiger partial charge in [0.2, 0.25) is 0 Å². The molecule has 4 N–H and O–H groups in total. The smallest absolute Gasteiger partial charge is 0.0687 e. The van der Waals surface area contributed by atoms with Crippen molar-refractivity contribution in [2.24, 2.45) is 0 Å². The van der Waals surface area contributed by atoms with Crippen molar-refractivity contribution in [2.75, 3.05) is 30.3 Å². The number of rotatable bonds is 5. The van der Waals surface area contributed by atoms with Crippen LogP contribution in [-0.4, -0.2) is 36.0 Å². The second-order valence-electron chi connectivity index (χ2n) is 3.61. The van der Waals surface area contributed by atoms with Crippen LogP contribution in [0.2, 0.25) is 0 Å². The van der Waals surface area contributed by atoms with E-state index in [1.54, 1.807) is 6.92 Å². The Bertz CT molecular complexity index is 285. The van der Waals surface area contributed by atoms with Gasteiger partial charge in [-0.25, -0.2) is 0 Å². The lowest BCUT2D eigenvalue weighted by Crippen LogP contribution is -2.33. The molecule has 4 nitrogen and oxygen atoms in total. The molecule has 84 valence electrons. The molecule has 1 rings (SSSR count). The standard InChI is InChI=1S/C11H18N2O2/c1-9(15)8-13(6-7-14)11-4-2-10(12)3-5-11/h2-5,9,14-15H,6-8,12H2,1H3. The Hall–Kier alpha value is -1.26. The van der Waals surface area contributed by atoms with Gasteiger partial charge in [0.25, 0.3) is 0 Å². The molecule has 0 saturated carbocycles. The quantitative estimate of drug-likeness (QED) is 0.617. The fraction of sp³-hybridized carbons (Fsp3) is 0.455. The largest absolute Gasteiger partial charge is 0.399 e. The molecule has 1 aromatic carbocycles. The third-order valence-electron chi connectivity index (χ3n) is 2.11. The van der Waals surface area contributed by atoms with Crippen LogP contribution in [0.1, 0.15) is 6.92 Å². The molecule has 4 heteroatoms.